The topological polar surface area (TPSA) is 58.2 Å². The Labute approximate surface area is 130 Å². The van der Waals surface area contributed by atoms with Gasteiger partial charge in [0.15, 0.2) is 0 Å². The molecule has 2 N–H and O–H groups in total. The van der Waals surface area contributed by atoms with Crippen molar-refractivity contribution in [2.75, 3.05) is 13.1 Å². The second-order valence-corrected chi connectivity index (χ2v) is 5.93. The molecular weight excluding hydrogens is 288 g/mol. The SMILES string of the molecule is CC(=O)NCCCNC(=O)C(c1ccc(Cl)cc1)C1CC1. The molecule has 21 heavy (non-hydrogen) atoms. The van der Waals surface area contributed by atoms with Gasteiger partial charge in [-0.3, -0.25) is 9.59 Å². The minimum Gasteiger partial charge on any atom is -0.356 e. The van der Waals surface area contributed by atoms with Crippen LogP contribution in [0.5, 0.6) is 0 Å². The van der Waals surface area contributed by atoms with Crippen LogP contribution in [-0.2, 0) is 9.59 Å². The Kier molecular flexibility index (Phi) is 5.62. The first-order chi connectivity index (χ1) is 10.1. The molecule has 1 unspecified atom stereocenters. The quantitative estimate of drug-likeness (QED) is 0.760. The summed E-state index contributed by atoms with van der Waals surface area (Å²) in [5.74, 6) is 0.394. The minimum atomic E-state index is -0.0805. The number of nitrogens with one attached hydrogen (secondary N) is 2. The molecule has 0 radical (unpaired) electrons. The van der Waals surface area contributed by atoms with Crippen LogP contribution in [0.25, 0.3) is 0 Å². The van der Waals surface area contributed by atoms with Crippen LogP contribution >= 0.6 is 11.6 Å². The van der Waals surface area contributed by atoms with E-state index in [1.807, 2.05) is 24.3 Å². The summed E-state index contributed by atoms with van der Waals surface area (Å²) in [5.41, 5.74) is 1.03. The van der Waals surface area contributed by atoms with Gasteiger partial charge in [-0.25, -0.2) is 0 Å². The zero-order chi connectivity index (χ0) is 15.2. The lowest BCUT2D eigenvalue weighted by atomic mass is 9.93. The molecule has 0 saturated heterocycles. The summed E-state index contributed by atoms with van der Waals surface area (Å²) in [6.45, 7) is 2.66. The molecule has 1 aromatic rings. The Balaban J connectivity index is 1.85. The number of benzene rings is 1. The van der Waals surface area contributed by atoms with Crippen molar-refractivity contribution in [1.29, 1.82) is 0 Å². The molecule has 5 heteroatoms. The van der Waals surface area contributed by atoms with Crippen LogP contribution in [0.4, 0.5) is 0 Å². The van der Waals surface area contributed by atoms with Crippen molar-refractivity contribution in [2.24, 2.45) is 5.92 Å². The lowest BCUT2D eigenvalue weighted by molar-refractivity contribution is -0.123. The van der Waals surface area contributed by atoms with E-state index in [-0.39, 0.29) is 17.7 Å². The standard InChI is InChI=1S/C16H21ClN2O2/c1-11(20)18-9-2-10-19-16(21)15(12-3-4-12)13-5-7-14(17)8-6-13/h5-8,12,15H,2-4,9-10H2,1H3,(H,18,20)(H,19,21). The van der Waals surface area contributed by atoms with Gasteiger partial charge >= 0.3 is 0 Å². The summed E-state index contributed by atoms with van der Waals surface area (Å²) >= 11 is 5.90. The van der Waals surface area contributed by atoms with Crippen LogP contribution < -0.4 is 10.6 Å². The molecule has 1 saturated carbocycles. The van der Waals surface area contributed by atoms with Crippen LogP contribution in [0.2, 0.25) is 5.02 Å². The summed E-state index contributed by atoms with van der Waals surface area (Å²) in [5, 5.41) is 6.37. The highest BCUT2D eigenvalue weighted by molar-refractivity contribution is 6.30. The highest BCUT2D eigenvalue weighted by atomic mass is 35.5. The molecule has 2 amide bonds. The van der Waals surface area contributed by atoms with Gasteiger partial charge in [-0.1, -0.05) is 23.7 Å². The summed E-state index contributed by atoms with van der Waals surface area (Å²) in [6.07, 6.45) is 2.95. The maximum absolute atomic E-state index is 12.4. The summed E-state index contributed by atoms with van der Waals surface area (Å²) in [7, 11) is 0. The second-order valence-electron chi connectivity index (χ2n) is 5.49. The third kappa shape index (κ3) is 5.05. The molecular formula is C16H21ClN2O2. The highest BCUT2D eigenvalue weighted by Gasteiger charge is 2.36. The summed E-state index contributed by atoms with van der Waals surface area (Å²) in [6, 6.07) is 7.52. The van der Waals surface area contributed by atoms with Crippen LogP contribution in [0.1, 0.15) is 37.7 Å². The molecule has 2 rings (SSSR count). The zero-order valence-corrected chi connectivity index (χ0v) is 13.0. The zero-order valence-electron chi connectivity index (χ0n) is 12.2. The van der Waals surface area contributed by atoms with Gasteiger partial charge in [0.25, 0.3) is 0 Å². The van der Waals surface area contributed by atoms with Gasteiger partial charge in [-0.2, -0.15) is 0 Å². The van der Waals surface area contributed by atoms with Crippen molar-refractivity contribution >= 4 is 23.4 Å². The second kappa shape index (κ2) is 7.46. The maximum atomic E-state index is 12.4. The largest absolute Gasteiger partial charge is 0.356 e. The van der Waals surface area contributed by atoms with E-state index >= 15 is 0 Å². The molecule has 1 aliphatic carbocycles. The minimum absolute atomic E-state index is 0.0432. The van der Waals surface area contributed by atoms with Gasteiger partial charge < -0.3 is 10.6 Å². The van der Waals surface area contributed by atoms with Crippen molar-refractivity contribution in [1.82, 2.24) is 10.6 Å². The van der Waals surface area contributed by atoms with E-state index in [4.69, 9.17) is 11.6 Å². The lowest BCUT2D eigenvalue weighted by Gasteiger charge is -2.17. The predicted octanol–water partition coefficient (Wildman–Crippen LogP) is 2.48. The average molecular weight is 309 g/mol. The molecule has 0 spiro atoms. The molecule has 1 atom stereocenters. The Hall–Kier alpha value is -1.55. The molecule has 0 aliphatic heterocycles. The normalized spacial score (nSPS) is 15.3. The fourth-order valence-electron chi connectivity index (χ4n) is 2.41. The fourth-order valence-corrected chi connectivity index (χ4v) is 2.54. The number of hydrogen-bond acceptors (Lipinski definition) is 2. The molecule has 1 aliphatic rings. The maximum Gasteiger partial charge on any atom is 0.227 e. The number of hydrogen-bond donors (Lipinski definition) is 2. The molecule has 1 fully saturated rings. The van der Waals surface area contributed by atoms with Crippen molar-refractivity contribution < 1.29 is 9.59 Å². The van der Waals surface area contributed by atoms with Crippen LogP contribution in [0, 0.1) is 5.92 Å². The molecule has 114 valence electrons. The number of halogens is 1. The first-order valence-electron chi connectivity index (χ1n) is 7.35. The van der Waals surface area contributed by atoms with E-state index in [2.05, 4.69) is 10.6 Å². The van der Waals surface area contributed by atoms with Crippen molar-refractivity contribution in [3.05, 3.63) is 34.9 Å². The Morgan fingerprint density at radius 1 is 1.19 bits per heavy atom. The van der Waals surface area contributed by atoms with Crippen molar-refractivity contribution in [3.63, 3.8) is 0 Å². The van der Waals surface area contributed by atoms with Crippen LogP contribution in [0.3, 0.4) is 0 Å². The third-order valence-corrected chi connectivity index (χ3v) is 3.88. The first kappa shape index (κ1) is 15.8. The smallest absolute Gasteiger partial charge is 0.227 e. The van der Waals surface area contributed by atoms with E-state index < -0.39 is 0 Å². The highest BCUT2D eigenvalue weighted by Crippen LogP contribution is 2.42. The first-order valence-corrected chi connectivity index (χ1v) is 7.73. The van der Waals surface area contributed by atoms with Crippen LogP contribution in [-0.4, -0.2) is 24.9 Å². The third-order valence-electron chi connectivity index (χ3n) is 3.63. The van der Waals surface area contributed by atoms with Gasteiger partial charge in [0.1, 0.15) is 0 Å². The van der Waals surface area contributed by atoms with Gasteiger partial charge in [0.05, 0.1) is 5.92 Å². The van der Waals surface area contributed by atoms with Gasteiger partial charge in [-0.15, -0.1) is 0 Å². The van der Waals surface area contributed by atoms with Crippen molar-refractivity contribution in [2.45, 2.75) is 32.1 Å². The number of amides is 2. The lowest BCUT2D eigenvalue weighted by Crippen LogP contribution is -2.33. The van der Waals surface area contributed by atoms with E-state index in [0.29, 0.717) is 24.0 Å². The predicted molar refractivity (Wildman–Crippen MR) is 83.2 cm³/mol. The number of carbonyl (C=O) groups excluding carboxylic acids is 2. The van der Waals surface area contributed by atoms with Crippen molar-refractivity contribution in [3.8, 4) is 0 Å². The fraction of sp³-hybridized carbons (Fsp3) is 0.500. The summed E-state index contributed by atoms with van der Waals surface area (Å²) < 4.78 is 0. The van der Waals surface area contributed by atoms with Gasteiger partial charge in [0.2, 0.25) is 11.8 Å². The van der Waals surface area contributed by atoms with E-state index in [1.165, 1.54) is 6.92 Å². The number of rotatable bonds is 7. The number of carbonyl (C=O) groups is 2. The Morgan fingerprint density at radius 3 is 2.38 bits per heavy atom. The molecule has 0 heterocycles. The van der Waals surface area contributed by atoms with E-state index in [1.54, 1.807) is 0 Å². The monoisotopic (exact) mass is 308 g/mol. The molecule has 0 aromatic heterocycles. The molecule has 0 bridgehead atoms. The Morgan fingerprint density at radius 2 is 1.81 bits per heavy atom. The summed E-state index contributed by atoms with van der Waals surface area (Å²) in [4.78, 5) is 23.1. The van der Waals surface area contributed by atoms with Gasteiger partial charge in [0, 0.05) is 25.0 Å². The molecule has 4 nitrogen and oxygen atoms in total. The van der Waals surface area contributed by atoms with Gasteiger partial charge in [-0.05, 0) is 42.9 Å². The Bertz CT molecular complexity index is 498. The average Bonchev–Trinajstić information content (AvgIpc) is 3.25. The molecule has 1 aromatic carbocycles. The van der Waals surface area contributed by atoms with E-state index in [9.17, 15) is 9.59 Å². The van der Waals surface area contributed by atoms with Crippen LogP contribution in [0.15, 0.2) is 24.3 Å². The van der Waals surface area contributed by atoms with E-state index in [0.717, 1.165) is 24.8 Å².